The Morgan fingerprint density at radius 1 is 1.33 bits per heavy atom. The van der Waals surface area contributed by atoms with Gasteiger partial charge in [-0.15, -0.1) is 11.3 Å². The van der Waals surface area contributed by atoms with Crippen molar-refractivity contribution < 1.29 is 14.3 Å². The molecule has 0 aliphatic heterocycles. The highest BCUT2D eigenvalue weighted by atomic mass is 35.5. The van der Waals surface area contributed by atoms with Gasteiger partial charge in [-0.25, -0.2) is 4.98 Å². The van der Waals surface area contributed by atoms with Crippen LogP contribution in [0.1, 0.15) is 47.5 Å². The van der Waals surface area contributed by atoms with Crippen LogP contribution in [0.4, 0.5) is 0 Å². The molecular weight excluding hydrogens is 274 g/mol. The number of carbonyl (C=O) groups is 2. The van der Waals surface area contributed by atoms with Crippen molar-refractivity contribution in [2.45, 2.75) is 38.5 Å². The van der Waals surface area contributed by atoms with Crippen molar-refractivity contribution in [3.63, 3.8) is 0 Å². The molecule has 0 aliphatic carbocycles. The molecular formula is C12H16ClNO3S. The zero-order valence-electron chi connectivity index (χ0n) is 10.3. The maximum absolute atomic E-state index is 11.1. The quantitative estimate of drug-likeness (QED) is 0.419. The van der Waals surface area contributed by atoms with Gasteiger partial charge in [-0.05, 0) is 30.9 Å². The fourth-order valence-corrected chi connectivity index (χ4v) is 2.54. The first-order valence-corrected chi connectivity index (χ1v) is 7.10. The molecule has 0 saturated heterocycles. The average molecular weight is 290 g/mol. The zero-order valence-corrected chi connectivity index (χ0v) is 11.9. The number of unbranched alkanes of at least 4 members (excludes halogenated alkanes) is 3. The van der Waals surface area contributed by atoms with Crippen LogP contribution in [0.3, 0.4) is 0 Å². The van der Waals surface area contributed by atoms with Gasteiger partial charge in [0.1, 0.15) is 4.88 Å². The Balaban J connectivity index is 2.16. The van der Waals surface area contributed by atoms with Gasteiger partial charge >= 0.3 is 5.97 Å². The molecule has 0 spiro atoms. The van der Waals surface area contributed by atoms with Gasteiger partial charge in [-0.3, -0.25) is 9.59 Å². The maximum atomic E-state index is 11.1. The fourth-order valence-electron chi connectivity index (χ4n) is 1.62. The van der Waals surface area contributed by atoms with Gasteiger partial charge in [0.2, 0.25) is 0 Å². The number of esters is 1. The van der Waals surface area contributed by atoms with Crippen LogP contribution in [0.25, 0.3) is 0 Å². The molecule has 1 rings (SSSR count). The number of aromatic nitrogens is 1. The van der Waals surface area contributed by atoms with E-state index in [1.807, 2.05) is 0 Å². The third-order valence-electron chi connectivity index (χ3n) is 2.59. The topological polar surface area (TPSA) is 56.3 Å². The molecule has 1 aromatic heterocycles. The molecule has 4 nitrogen and oxygen atoms in total. The molecule has 0 radical (unpaired) electrons. The number of halogens is 1. The molecule has 0 saturated carbocycles. The van der Waals surface area contributed by atoms with E-state index >= 15 is 0 Å². The number of hydrogen-bond acceptors (Lipinski definition) is 5. The summed E-state index contributed by atoms with van der Waals surface area (Å²) in [5.74, 6) is -0.162. The molecule has 0 N–H and O–H groups in total. The van der Waals surface area contributed by atoms with Crippen LogP contribution in [0.2, 0.25) is 0 Å². The van der Waals surface area contributed by atoms with Crippen molar-refractivity contribution in [1.82, 2.24) is 4.98 Å². The van der Waals surface area contributed by atoms with E-state index in [1.54, 1.807) is 5.51 Å². The van der Waals surface area contributed by atoms with E-state index in [-0.39, 0.29) is 5.97 Å². The van der Waals surface area contributed by atoms with Crippen molar-refractivity contribution in [3.05, 3.63) is 16.1 Å². The van der Waals surface area contributed by atoms with Crippen molar-refractivity contribution in [3.8, 4) is 0 Å². The van der Waals surface area contributed by atoms with E-state index in [4.69, 9.17) is 11.6 Å². The van der Waals surface area contributed by atoms with E-state index in [2.05, 4.69) is 9.72 Å². The number of carbonyl (C=O) groups excluding carboxylic acids is 2. The van der Waals surface area contributed by atoms with Crippen LogP contribution in [-0.4, -0.2) is 23.3 Å². The number of aryl methyl sites for hydroxylation is 1. The van der Waals surface area contributed by atoms with Crippen molar-refractivity contribution >= 4 is 34.1 Å². The minimum absolute atomic E-state index is 0.162. The Hall–Kier alpha value is -0.940. The number of thiazole rings is 1. The van der Waals surface area contributed by atoms with Crippen molar-refractivity contribution in [1.29, 1.82) is 0 Å². The molecule has 18 heavy (non-hydrogen) atoms. The normalized spacial score (nSPS) is 10.3. The highest BCUT2D eigenvalue weighted by Gasteiger charge is 2.11. The molecule has 0 fully saturated rings. The Morgan fingerprint density at radius 2 is 2.06 bits per heavy atom. The summed E-state index contributed by atoms with van der Waals surface area (Å²) in [6.45, 7) is 0. The first kappa shape index (κ1) is 15.1. The summed E-state index contributed by atoms with van der Waals surface area (Å²) in [6.07, 6.45) is 5.00. The van der Waals surface area contributed by atoms with E-state index in [0.717, 1.165) is 37.8 Å². The first-order chi connectivity index (χ1) is 8.65. The Kier molecular flexibility index (Phi) is 6.90. The van der Waals surface area contributed by atoms with Gasteiger partial charge in [-0.1, -0.05) is 12.8 Å². The number of ether oxygens (including phenoxy) is 1. The Labute approximate surface area is 115 Å². The number of nitrogens with zero attached hydrogens (tertiary/aromatic N) is 1. The minimum Gasteiger partial charge on any atom is -0.469 e. The molecule has 1 heterocycles. The smallest absolute Gasteiger partial charge is 0.305 e. The lowest BCUT2D eigenvalue weighted by molar-refractivity contribution is -0.140. The van der Waals surface area contributed by atoms with E-state index < -0.39 is 5.24 Å². The summed E-state index contributed by atoms with van der Waals surface area (Å²) in [6, 6.07) is 0. The lowest BCUT2D eigenvalue weighted by atomic mass is 10.1. The number of methoxy groups -OCH3 is 1. The first-order valence-electron chi connectivity index (χ1n) is 5.84. The second-order valence-corrected chi connectivity index (χ2v) is 5.09. The van der Waals surface area contributed by atoms with Crippen LogP contribution < -0.4 is 0 Å². The largest absolute Gasteiger partial charge is 0.469 e. The Bertz CT molecular complexity index is 406. The maximum Gasteiger partial charge on any atom is 0.305 e. The van der Waals surface area contributed by atoms with E-state index in [1.165, 1.54) is 18.4 Å². The summed E-state index contributed by atoms with van der Waals surface area (Å²) in [5.41, 5.74) is 2.43. The SMILES string of the molecule is COC(=O)CCCCCCc1ncsc1C(=O)Cl. The fraction of sp³-hybridized carbons (Fsp3) is 0.583. The van der Waals surface area contributed by atoms with Gasteiger partial charge in [0.25, 0.3) is 5.24 Å². The number of hydrogen-bond donors (Lipinski definition) is 0. The van der Waals surface area contributed by atoms with Gasteiger partial charge in [0, 0.05) is 6.42 Å². The van der Waals surface area contributed by atoms with Crippen molar-refractivity contribution in [2.75, 3.05) is 7.11 Å². The average Bonchev–Trinajstić information content (AvgIpc) is 2.81. The van der Waals surface area contributed by atoms with Crippen molar-refractivity contribution in [2.24, 2.45) is 0 Å². The molecule has 100 valence electrons. The molecule has 0 atom stereocenters. The summed E-state index contributed by atoms with van der Waals surface area (Å²) < 4.78 is 4.56. The van der Waals surface area contributed by atoms with Gasteiger partial charge in [0.05, 0.1) is 18.3 Å². The molecule has 6 heteroatoms. The van der Waals surface area contributed by atoms with E-state index in [0.29, 0.717) is 11.3 Å². The summed E-state index contributed by atoms with van der Waals surface area (Å²) in [5, 5.41) is -0.432. The second kappa shape index (κ2) is 8.21. The van der Waals surface area contributed by atoms with Gasteiger partial charge in [0.15, 0.2) is 0 Å². The number of rotatable bonds is 8. The highest BCUT2D eigenvalue weighted by Crippen LogP contribution is 2.18. The van der Waals surface area contributed by atoms with Crippen LogP contribution in [0, 0.1) is 0 Å². The lowest BCUT2D eigenvalue weighted by Gasteiger charge is -2.01. The standard InChI is InChI=1S/C12H16ClNO3S/c1-17-10(15)7-5-3-2-4-6-9-11(12(13)16)18-8-14-9/h8H,2-7H2,1H3. The minimum atomic E-state index is -0.432. The summed E-state index contributed by atoms with van der Waals surface area (Å²) in [7, 11) is 1.40. The van der Waals surface area contributed by atoms with Crippen LogP contribution in [0.15, 0.2) is 5.51 Å². The third kappa shape index (κ3) is 5.14. The summed E-state index contributed by atoms with van der Waals surface area (Å²) in [4.78, 5) is 26.6. The van der Waals surface area contributed by atoms with Gasteiger partial charge < -0.3 is 4.74 Å². The van der Waals surface area contributed by atoms with Gasteiger partial charge in [-0.2, -0.15) is 0 Å². The molecule has 0 bridgehead atoms. The van der Waals surface area contributed by atoms with Crippen LogP contribution in [0.5, 0.6) is 0 Å². The third-order valence-corrected chi connectivity index (χ3v) is 3.76. The molecule has 0 aromatic carbocycles. The molecule has 1 aromatic rings. The second-order valence-electron chi connectivity index (χ2n) is 3.89. The highest BCUT2D eigenvalue weighted by molar-refractivity contribution is 7.13. The molecule has 0 aliphatic rings. The van der Waals surface area contributed by atoms with Crippen LogP contribution in [-0.2, 0) is 16.0 Å². The zero-order chi connectivity index (χ0) is 13.4. The monoisotopic (exact) mass is 289 g/mol. The molecule has 0 unspecified atom stereocenters. The summed E-state index contributed by atoms with van der Waals surface area (Å²) >= 11 is 6.72. The lowest BCUT2D eigenvalue weighted by Crippen LogP contribution is -1.99. The predicted molar refractivity (Wildman–Crippen MR) is 71.1 cm³/mol. The molecule has 0 amide bonds. The van der Waals surface area contributed by atoms with E-state index in [9.17, 15) is 9.59 Å². The Morgan fingerprint density at radius 3 is 2.72 bits per heavy atom. The van der Waals surface area contributed by atoms with Crippen LogP contribution >= 0.6 is 22.9 Å². The predicted octanol–water partition coefficient (Wildman–Crippen LogP) is 3.19.